The number of hydrogen-bond acceptors (Lipinski definition) is 5. The summed E-state index contributed by atoms with van der Waals surface area (Å²) in [5.41, 5.74) is 2.74. The lowest BCUT2D eigenvalue weighted by Crippen LogP contribution is -2.35. The van der Waals surface area contributed by atoms with Crippen LogP contribution in [0.2, 0.25) is 0 Å². The van der Waals surface area contributed by atoms with Gasteiger partial charge in [-0.1, -0.05) is 30.3 Å². The molecular weight excluding hydrogens is 440 g/mol. The first-order chi connectivity index (χ1) is 15.8. The number of ether oxygens (including phenoxy) is 1. The lowest BCUT2D eigenvalue weighted by atomic mass is 10.0. The molecule has 3 aromatic rings. The van der Waals surface area contributed by atoms with Crippen LogP contribution in [0.1, 0.15) is 29.3 Å². The summed E-state index contributed by atoms with van der Waals surface area (Å²) >= 11 is 0. The third-order valence-corrected chi connectivity index (χ3v) is 7.23. The fourth-order valence-corrected chi connectivity index (χ4v) is 5.29. The first kappa shape index (κ1) is 22.5. The van der Waals surface area contributed by atoms with E-state index in [0.29, 0.717) is 23.5 Å². The van der Waals surface area contributed by atoms with Gasteiger partial charge in [-0.3, -0.25) is 13.9 Å². The molecule has 1 heterocycles. The summed E-state index contributed by atoms with van der Waals surface area (Å²) in [7, 11) is -3.70. The Morgan fingerprint density at radius 2 is 1.76 bits per heavy atom. The number of amides is 1. The lowest BCUT2D eigenvalue weighted by molar-refractivity contribution is -0.118. The summed E-state index contributed by atoms with van der Waals surface area (Å²) in [6.07, 6.45) is 1.62. The Kier molecular flexibility index (Phi) is 6.46. The highest BCUT2D eigenvalue weighted by molar-refractivity contribution is 7.92. The van der Waals surface area contributed by atoms with Crippen molar-refractivity contribution in [1.29, 1.82) is 0 Å². The molecule has 8 heteroatoms. The minimum atomic E-state index is -3.70. The number of nitrogens with one attached hydrogen (secondary N) is 1. The van der Waals surface area contributed by atoms with Crippen LogP contribution in [0.15, 0.2) is 77.7 Å². The minimum absolute atomic E-state index is 0.0922. The third kappa shape index (κ3) is 5.06. The second-order valence-corrected chi connectivity index (χ2v) is 9.62. The van der Waals surface area contributed by atoms with Crippen molar-refractivity contribution in [2.75, 3.05) is 22.8 Å². The smallest absolute Gasteiger partial charge is 0.264 e. The molecular formula is C25H24N2O5S. The summed E-state index contributed by atoms with van der Waals surface area (Å²) in [4.78, 5) is 23.8. The molecule has 3 aromatic carbocycles. The van der Waals surface area contributed by atoms with Crippen molar-refractivity contribution in [1.82, 2.24) is 0 Å². The molecule has 0 saturated carbocycles. The number of fused-ring (bicyclic) bond motifs is 1. The molecule has 0 radical (unpaired) electrons. The van der Waals surface area contributed by atoms with Gasteiger partial charge in [0.05, 0.1) is 10.6 Å². The Morgan fingerprint density at radius 1 is 1.00 bits per heavy atom. The number of carbonyl (C=O) groups is 2. The number of anilines is 2. The van der Waals surface area contributed by atoms with Gasteiger partial charge in [0, 0.05) is 17.8 Å². The molecule has 7 nitrogen and oxygen atoms in total. The van der Waals surface area contributed by atoms with Gasteiger partial charge in [0.25, 0.3) is 15.9 Å². The second kappa shape index (κ2) is 9.46. The van der Waals surface area contributed by atoms with E-state index in [4.69, 9.17) is 4.74 Å². The van der Waals surface area contributed by atoms with E-state index in [2.05, 4.69) is 5.32 Å². The van der Waals surface area contributed by atoms with Crippen molar-refractivity contribution in [3.8, 4) is 5.75 Å². The van der Waals surface area contributed by atoms with Crippen molar-refractivity contribution in [3.05, 3.63) is 83.9 Å². The van der Waals surface area contributed by atoms with Crippen LogP contribution in [0.5, 0.6) is 5.75 Å². The lowest BCUT2D eigenvalue weighted by Gasteiger charge is -2.30. The predicted molar refractivity (Wildman–Crippen MR) is 126 cm³/mol. The largest absolute Gasteiger partial charge is 0.484 e. The Bertz CT molecular complexity index is 1290. The highest BCUT2D eigenvalue weighted by atomic mass is 32.2. The maximum Gasteiger partial charge on any atom is 0.264 e. The van der Waals surface area contributed by atoms with Crippen LogP contribution in [0.4, 0.5) is 11.4 Å². The van der Waals surface area contributed by atoms with E-state index in [9.17, 15) is 18.0 Å². The van der Waals surface area contributed by atoms with Crippen molar-refractivity contribution in [3.63, 3.8) is 0 Å². The Morgan fingerprint density at radius 3 is 2.52 bits per heavy atom. The fourth-order valence-electron chi connectivity index (χ4n) is 3.75. The molecule has 0 spiro atoms. The zero-order valence-electron chi connectivity index (χ0n) is 18.2. The molecule has 0 aromatic heterocycles. The van der Waals surface area contributed by atoms with Gasteiger partial charge in [0.1, 0.15) is 5.75 Å². The van der Waals surface area contributed by atoms with Gasteiger partial charge in [0.15, 0.2) is 12.4 Å². The average molecular weight is 465 g/mol. The van der Waals surface area contributed by atoms with Crippen LogP contribution in [0.25, 0.3) is 0 Å². The molecule has 0 saturated heterocycles. The van der Waals surface area contributed by atoms with Crippen LogP contribution in [-0.2, 0) is 21.2 Å². The standard InChI is InChI=1S/C25H24N2O5S/c1-18(28)20-7-4-9-21(16-20)26-25(29)17-32-22-11-13-23(14-12-22)33(30,31)27-15-5-8-19-6-2-3-10-24(19)27/h2-4,6-7,9-14,16H,5,8,15,17H2,1H3,(H,26,29). The molecule has 1 aliphatic heterocycles. The first-order valence-corrected chi connectivity index (χ1v) is 12.0. The minimum Gasteiger partial charge on any atom is -0.484 e. The Hall–Kier alpha value is -3.65. The van der Waals surface area contributed by atoms with Crippen molar-refractivity contribution >= 4 is 33.1 Å². The fraction of sp³-hybridized carbons (Fsp3) is 0.200. The molecule has 0 atom stereocenters. The zero-order chi connectivity index (χ0) is 23.4. The van der Waals surface area contributed by atoms with Gasteiger partial charge < -0.3 is 10.1 Å². The first-order valence-electron chi connectivity index (χ1n) is 10.6. The molecule has 4 rings (SSSR count). The molecule has 0 fully saturated rings. The molecule has 1 amide bonds. The average Bonchev–Trinajstić information content (AvgIpc) is 2.83. The Labute approximate surface area is 193 Å². The molecule has 0 unspecified atom stereocenters. The molecule has 170 valence electrons. The number of carbonyl (C=O) groups excluding carboxylic acids is 2. The number of para-hydroxylation sites is 1. The van der Waals surface area contributed by atoms with Crippen LogP contribution in [-0.4, -0.2) is 33.3 Å². The summed E-state index contributed by atoms with van der Waals surface area (Å²) < 4.78 is 33.4. The normalized spacial score (nSPS) is 13.2. The number of ketones is 1. The molecule has 0 bridgehead atoms. The van der Waals surface area contributed by atoms with Gasteiger partial charge in [-0.2, -0.15) is 0 Å². The zero-order valence-corrected chi connectivity index (χ0v) is 19.0. The Balaban J connectivity index is 1.40. The van der Waals surface area contributed by atoms with E-state index in [1.807, 2.05) is 24.3 Å². The quantitative estimate of drug-likeness (QED) is 0.533. The molecule has 0 aliphatic carbocycles. The van der Waals surface area contributed by atoms with E-state index >= 15 is 0 Å². The maximum absolute atomic E-state index is 13.2. The summed E-state index contributed by atoms with van der Waals surface area (Å²) in [5, 5.41) is 2.68. The van der Waals surface area contributed by atoms with Crippen molar-refractivity contribution < 1.29 is 22.7 Å². The van der Waals surface area contributed by atoms with Crippen LogP contribution >= 0.6 is 0 Å². The monoisotopic (exact) mass is 464 g/mol. The topological polar surface area (TPSA) is 92.8 Å². The highest BCUT2D eigenvalue weighted by Crippen LogP contribution is 2.32. The number of sulfonamides is 1. The van der Waals surface area contributed by atoms with Gasteiger partial charge >= 0.3 is 0 Å². The number of rotatable bonds is 7. The van der Waals surface area contributed by atoms with Crippen LogP contribution in [0.3, 0.4) is 0 Å². The van der Waals surface area contributed by atoms with Crippen LogP contribution in [0, 0.1) is 0 Å². The highest BCUT2D eigenvalue weighted by Gasteiger charge is 2.28. The van der Waals surface area contributed by atoms with Crippen molar-refractivity contribution in [2.24, 2.45) is 0 Å². The van der Waals surface area contributed by atoms with Crippen LogP contribution < -0.4 is 14.4 Å². The number of benzene rings is 3. The SMILES string of the molecule is CC(=O)c1cccc(NC(=O)COc2ccc(S(=O)(=O)N3CCCc4ccccc43)cc2)c1. The van der Waals surface area contributed by atoms with Crippen molar-refractivity contribution in [2.45, 2.75) is 24.7 Å². The summed E-state index contributed by atoms with van der Waals surface area (Å²) in [6, 6.07) is 20.2. The number of Topliss-reactive ketones (excluding diaryl/α,β-unsaturated/α-hetero) is 1. The predicted octanol–water partition coefficient (Wildman–Crippen LogP) is 4.05. The third-order valence-electron chi connectivity index (χ3n) is 5.40. The van der Waals surface area contributed by atoms with Gasteiger partial charge in [-0.15, -0.1) is 0 Å². The number of hydrogen-bond donors (Lipinski definition) is 1. The summed E-state index contributed by atoms with van der Waals surface area (Å²) in [5.74, 6) is -0.108. The van der Waals surface area contributed by atoms with Gasteiger partial charge in [-0.25, -0.2) is 8.42 Å². The van der Waals surface area contributed by atoms with Gasteiger partial charge in [-0.05, 0) is 67.8 Å². The van der Waals surface area contributed by atoms with E-state index in [1.54, 1.807) is 24.3 Å². The summed E-state index contributed by atoms with van der Waals surface area (Å²) in [6.45, 7) is 1.64. The maximum atomic E-state index is 13.2. The number of aryl methyl sites for hydroxylation is 1. The van der Waals surface area contributed by atoms with Gasteiger partial charge in [0.2, 0.25) is 0 Å². The molecule has 1 aliphatic rings. The molecule has 33 heavy (non-hydrogen) atoms. The van der Waals surface area contributed by atoms with E-state index in [1.165, 1.54) is 35.5 Å². The van der Waals surface area contributed by atoms with E-state index in [0.717, 1.165) is 24.1 Å². The second-order valence-electron chi connectivity index (χ2n) is 7.75. The molecule has 1 N–H and O–H groups in total. The van der Waals surface area contributed by atoms with E-state index in [-0.39, 0.29) is 17.3 Å². The van der Waals surface area contributed by atoms with E-state index < -0.39 is 15.9 Å². The number of nitrogens with zero attached hydrogens (tertiary/aromatic N) is 1.